The number of hydrogen-bond acceptors (Lipinski definition) is 7. The summed E-state index contributed by atoms with van der Waals surface area (Å²) >= 11 is 0. The number of hydrogen-bond donors (Lipinski definition) is 1. The van der Waals surface area contributed by atoms with Gasteiger partial charge in [-0.1, -0.05) is 49.4 Å². The highest BCUT2D eigenvalue weighted by Gasteiger charge is 2.21. The van der Waals surface area contributed by atoms with Crippen LogP contribution in [0, 0.1) is 5.92 Å². The number of allylic oxidation sites excluding steroid dienone is 4. The van der Waals surface area contributed by atoms with Crippen molar-refractivity contribution in [1.82, 2.24) is 15.1 Å². The minimum Gasteiger partial charge on any atom is -0.497 e. The fourth-order valence-electron chi connectivity index (χ4n) is 5.93. The standard InChI is InChI=1S/C38H42N4O3/c1-4-27-6-5-7-29(9-8-27)26-45-33-14-10-28(11-15-33)25-42-22-20-31(21-23-42)39-38-36-24-34(44-3)18-19-35(36)37(40-41-38)30-12-16-32(43-2)17-13-30/h5-19,24,27,31H,4,20-23,25-26H2,1-3H3,(H,39,41). The van der Waals surface area contributed by atoms with Crippen molar-refractivity contribution in [1.29, 1.82) is 0 Å². The van der Waals surface area contributed by atoms with Crippen molar-refractivity contribution in [3.63, 3.8) is 0 Å². The van der Waals surface area contributed by atoms with Crippen molar-refractivity contribution in [3.05, 3.63) is 108 Å². The summed E-state index contributed by atoms with van der Waals surface area (Å²) in [6, 6.07) is 22.9. The smallest absolute Gasteiger partial charge is 0.156 e. The predicted molar refractivity (Wildman–Crippen MR) is 182 cm³/mol. The molecular weight excluding hydrogens is 560 g/mol. The normalized spacial score (nSPS) is 17.1. The van der Waals surface area contributed by atoms with E-state index in [2.05, 4.69) is 88.0 Å². The number of aromatic nitrogens is 2. The zero-order valence-corrected chi connectivity index (χ0v) is 26.4. The molecule has 1 fully saturated rings. The van der Waals surface area contributed by atoms with Gasteiger partial charge in [0.05, 0.1) is 14.2 Å². The second-order valence-corrected chi connectivity index (χ2v) is 11.7. The lowest BCUT2D eigenvalue weighted by atomic mass is 10.0. The Morgan fingerprint density at radius 3 is 2.29 bits per heavy atom. The van der Waals surface area contributed by atoms with Crippen LogP contribution in [0.5, 0.6) is 17.2 Å². The van der Waals surface area contributed by atoms with Gasteiger partial charge in [0.2, 0.25) is 0 Å². The second kappa shape index (κ2) is 14.4. The number of nitrogens with one attached hydrogen (secondary N) is 1. The number of anilines is 1. The van der Waals surface area contributed by atoms with Gasteiger partial charge in [-0.25, -0.2) is 0 Å². The van der Waals surface area contributed by atoms with E-state index in [9.17, 15) is 0 Å². The van der Waals surface area contributed by atoms with Gasteiger partial charge in [-0.05, 0) is 90.9 Å². The first-order valence-electron chi connectivity index (χ1n) is 15.9. The number of benzene rings is 3. The Morgan fingerprint density at radius 2 is 1.56 bits per heavy atom. The SMILES string of the molecule is CCC1C=CC=C(COc2ccc(CN3CCC(Nc4nnc(-c5ccc(OC)cc5)c5ccc(OC)cc45)CC3)cc2)C=C1. The van der Waals surface area contributed by atoms with Crippen molar-refractivity contribution in [2.24, 2.45) is 5.92 Å². The maximum absolute atomic E-state index is 6.07. The quantitative estimate of drug-likeness (QED) is 0.188. The van der Waals surface area contributed by atoms with Gasteiger partial charge in [-0.15, -0.1) is 10.2 Å². The van der Waals surface area contributed by atoms with Crippen LogP contribution in [0.1, 0.15) is 31.7 Å². The fraction of sp³-hybridized carbons (Fsp3) is 0.316. The van der Waals surface area contributed by atoms with Crippen LogP contribution in [0.4, 0.5) is 5.82 Å². The topological polar surface area (TPSA) is 68.7 Å². The highest BCUT2D eigenvalue weighted by atomic mass is 16.5. The number of likely N-dealkylation sites (tertiary alicyclic amines) is 1. The molecule has 3 aromatic carbocycles. The Kier molecular flexibility index (Phi) is 9.76. The van der Waals surface area contributed by atoms with Gasteiger partial charge in [-0.2, -0.15) is 0 Å². The van der Waals surface area contributed by atoms with Crippen molar-refractivity contribution in [2.75, 3.05) is 39.2 Å². The predicted octanol–water partition coefficient (Wildman–Crippen LogP) is 7.85. The van der Waals surface area contributed by atoms with E-state index in [0.29, 0.717) is 18.6 Å². The van der Waals surface area contributed by atoms with Crippen LogP contribution in [0.2, 0.25) is 0 Å². The summed E-state index contributed by atoms with van der Waals surface area (Å²) in [7, 11) is 3.36. The largest absolute Gasteiger partial charge is 0.497 e. The molecule has 1 aromatic heterocycles. The van der Waals surface area contributed by atoms with E-state index in [1.165, 1.54) is 11.1 Å². The van der Waals surface area contributed by atoms with Gasteiger partial charge >= 0.3 is 0 Å². The lowest BCUT2D eigenvalue weighted by Crippen LogP contribution is -2.38. The lowest BCUT2D eigenvalue weighted by molar-refractivity contribution is 0.211. The van der Waals surface area contributed by atoms with Gasteiger partial charge in [0, 0.05) is 42.0 Å². The van der Waals surface area contributed by atoms with Crippen LogP contribution in [-0.2, 0) is 6.54 Å². The monoisotopic (exact) mass is 602 g/mol. The van der Waals surface area contributed by atoms with Gasteiger partial charge < -0.3 is 19.5 Å². The molecule has 232 valence electrons. The second-order valence-electron chi connectivity index (χ2n) is 11.7. The molecule has 0 bridgehead atoms. The average molecular weight is 603 g/mol. The molecule has 0 saturated carbocycles. The zero-order chi connectivity index (χ0) is 31.0. The Labute approximate surface area is 266 Å². The van der Waals surface area contributed by atoms with Gasteiger partial charge in [0.25, 0.3) is 0 Å². The number of nitrogens with zero attached hydrogens (tertiary/aromatic N) is 3. The molecule has 0 radical (unpaired) electrons. The highest BCUT2D eigenvalue weighted by Crippen LogP contribution is 2.34. The van der Waals surface area contributed by atoms with E-state index < -0.39 is 0 Å². The molecule has 1 aliphatic carbocycles. The van der Waals surface area contributed by atoms with Crippen molar-refractivity contribution >= 4 is 16.6 Å². The van der Waals surface area contributed by atoms with Crippen LogP contribution >= 0.6 is 0 Å². The first-order chi connectivity index (χ1) is 22.1. The van der Waals surface area contributed by atoms with E-state index in [1.54, 1.807) is 14.2 Å². The van der Waals surface area contributed by atoms with Crippen molar-refractivity contribution in [3.8, 4) is 28.5 Å². The molecule has 1 unspecified atom stereocenters. The average Bonchev–Trinajstić information content (AvgIpc) is 3.34. The summed E-state index contributed by atoms with van der Waals surface area (Å²) in [5, 5.41) is 15.1. The van der Waals surface area contributed by atoms with Gasteiger partial charge in [-0.3, -0.25) is 4.90 Å². The molecule has 1 aliphatic heterocycles. The third kappa shape index (κ3) is 7.55. The maximum atomic E-state index is 6.07. The summed E-state index contributed by atoms with van der Waals surface area (Å²) in [4.78, 5) is 2.52. The molecule has 1 saturated heterocycles. The Morgan fingerprint density at radius 1 is 0.822 bits per heavy atom. The van der Waals surface area contributed by atoms with Crippen LogP contribution < -0.4 is 19.5 Å². The molecule has 7 nitrogen and oxygen atoms in total. The van der Waals surface area contributed by atoms with Gasteiger partial charge in [0.15, 0.2) is 5.82 Å². The molecule has 7 heteroatoms. The van der Waals surface area contributed by atoms with E-state index in [4.69, 9.17) is 14.2 Å². The Hall–Kier alpha value is -4.62. The summed E-state index contributed by atoms with van der Waals surface area (Å²) in [6.07, 6.45) is 14.1. The van der Waals surface area contributed by atoms with E-state index in [-0.39, 0.29) is 0 Å². The summed E-state index contributed by atoms with van der Waals surface area (Å²) in [6.45, 7) is 5.75. The van der Waals surface area contributed by atoms with Gasteiger partial charge in [0.1, 0.15) is 29.5 Å². The fourth-order valence-corrected chi connectivity index (χ4v) is 5.93. The molecule has 1 N–H and O–H groups in total. The molecule has 1 atom stereocenters. The molecule has 0 amide bonds. The minimum absolute atomic E-state index is 0.322. The van der Waals surface area contributed by atoms with E-state index in [0.717, 1.165) is 84.0 Å². The summed E-state index contributed by atoms with van der Waals surface area (Å²) in [5.74, 6) is 3.82. The number of rotatable bonds is 11. The molecule has 4 aromatic rings. The van der Waals surface area contributed by atoms with Crippen LogP contribution in [0.15, 0.2) is 103 Å². The third-order valence-electron chi connectivity index (χ3n) is 8.71. The molecule has 6 rings (SSSR count). The van der Waals surface area contributed by atoms with E-state index >= 15 is 0 Å². The first kappa shape index (κ1) is 30.4. The number of ether oxygens (including phenoxy) is 3. The van der Waals surface area contributed by atoms with Crippen LogP contribution in [0.25, 0.3) is 22.0 Å². The highest BCUT2D eigenvalue weighted by molar-refractivity contribution is 6.00. The molecule has 2 aliphatic rings. The van der Waals surface area contributed by atoms with Crippen molar-refractivity contribution < 1.29 is 14.2 Å². The minimum atomic E-state index is 0.322. The zero-order valence-electron chi connectivity index (χ0n) is 26.4. The maximum Gasteiger partial charge on any atom is 0.156 e. The summed E-state index contributed by atoms with van der Waals surface area (Å²) < 4.78 is 17.0. The molecule has 45 heavy (non-hydrogen) atoms. The summed E-state index contributed by atoms with van der Waals surface area (Å²) in [5.41, 5.74) is 4.32. The first-order valence-corrected chi connectivity index (χ1v) is 15.9. The Bertz CT molecular complexity index is 1670. The molecule has 2 heterocycles. The molecular formula is C38H42N4O3. The van der Waals surface area contributed by atoms with E-state index in [1.807, 2.05) is 36.4 Å². The molecule has 0 spiro atoms. The third-order valence-corrected chi connectivity index (χ3v) is 8.71. The lowest BCUT2D eigenvalue weighted by Gasteiger charge is -2.32. The van der Waals surface area contributed by atoms with Crippen LogP contribution in [-0.4, -0.2) is 55.1 Å². The van der Waals surface area contributed by atoms with Crippen molar-refractivity contribution in [2.45, 2.75) is 38.8 Å². The number of piperidine rings is 1. The number of methoxy groups -OCH3 is 2. The van der Waals surface area contributed by atoms with Crippen LogP contribution in [0.3, 0.4) is 0 Å². The number of fused-ring (bicyclic) bond motifs is 1. The Balaban J connectivity index is 1.05.